The van der Waals surface area contributed by atoms with Gasteiger partial charge in [0.25, 0.3) is 0 Å². The van der Waals surface area contributed by atoms with Crippen LogP contribution in [0.4, 0.5) is 0 Å². The van der Waals surface area contributed by atoms with Gasteiger partial charge in [-0.15, -0.1) is 0 Å². The number of aryl methyl sites for hydroxylation is 1. The van der Waals surface area contributed by atoms with Gasteiger partial charge in [0.15, 0.2) is 5.82 Å². The van der Waals surface area contributed by atoms with Gasteiger partial charge >= 0.3 is 0 Å². The maximum atomic E-state index is 5.31. The van der Waals surface area contributed by atoms with Gasteiger partial charge in [-0.1, -0.05) is 5.16 Å². The van der Waals surface area contributed by atoms with E-state index in [4.69, 9.17) is 10.3 Å². The van der Waals surface area contributed by atoms with Crippen LogP contribution in [0, 0.1) is 6.92 Å². The van der Waals surface area contributed by atoms with Gasteiger partial charge in [-0.05, 0) is 6.92 Å². The Balaban J connectivity index is 2.58. The summed E-state index contributed by atoms with van der Waals surface area (Å²) in [6, 6.07) is 0. The maximum absolute atomic E-state index is 5.31. The van der Waals surface area contributed by atoms with Crippen molar-refractivity contribution >= 4 is 5.84 Å². The zero-order valence-electron chi connectivity index (χ0n) is 6.53. The molecule has 0 aliphatic heterocycles. The van der Waals surface area contributed by atoms with Crippen LogP contribution in [0.1, 0.15) is 18.6 Å². The first kappa shape index (κ1) is 7.71. The highest BCUT2D eigenvalue weighted by molar-refractivity contribution is 5.77. The van der Waals surface area contributed by atoms with Crippen molar-refractivity contribution in [2.24, 2.45) is 10.7 Å². The smallest absolute Gasteiger partial charge is 0.223 e. The van der Waals surface area contributed by atoms with E-state index in [0.717, 1.165) is 0 Å². The Bertz CT molecular complexity index is 261. The van der Waals surface area contributed by atoms with E-state index >= 15 is 0 Å². The summed E-state index contributed by atoms with van der Waals surface area (Å²) in [5.41, 5.74) is 5.31. The number of rotatable bonds is 2. The van der Waals surface area contributed by atoms with Crippen LogP contribution in [0.3, 0.4) is 0 Å². The minimum atomic E-state index is 0.389. The largest absolute Gasteiger partial charge is 0.388 e. The molecule has 5 heteroatoms. The van der Waals surface area contributed by atoms with E-state index in [1.807, 2.05) is 0 Å². The number of aliphatic imine (C=N–C) groups is 1. The zero-order chi connectivity index (χ0) is 8.27. The predicted octanol–water partition coefficient (Wildman–Crippen LogP) is 0.255. The van der Waals surface area contributed by atoms with Gasteiger partial charge in [-0.2, -0.15) is 4.98 Å². The lowest BCUT2D eigenvalue weighted by molar-refractivity contribution is 0.387. The Kier molecular flexibility index (Phi) is 2.20. The molecule has 0 aromatic carbocycles. The molecule has 1 aromatic rings. The summed E-state index contributed by atoms with van der Waals surface area (Å²) in [7, 11) is 0. The van der Waals surface area contributed by atoms with Crippen LogP contribution in [0.15, 0.2) is 9.52 Å². The third kappa shape index (κ3) is 2.37. The minimum Gasteiger partial charge on any atom is -0.388 e. The second-order valence-electron chi connectivity index (χ2n) is 2.19. The third-order valence-corrected chi connectivity index (χ3v) is 1.04. The highest BCUT2D eigenvalue weighted by atomic mass is 16.5. The molecule has 0 unspecified atom stereocenters. The first-order valence-corrected chi connectivity index (χ1v) is 3.24. The molecule has 1 heterocycles. The van der Waals surface area contributed by atoms with E-state index in [1.54, 1.807) is 13.8 Å². The second-order valence-corrected chi connectivity index (χ2v) is 2.19. The molecule has 0 spiro atoms. The summed E-state index contributed by atoms with van der Waals surface area (Å²) in [4.78, 5) is 7.86. The summed E-state index contributed by atoms with van der Waals surface area (Å²) in [5, 5.41) is 3.64. The molecule has 0 bridgehead atoms. The molecule has 2 N–H and O–H groups in total. The standard InChI is InChI=1S/C6H10N4O/c1-4(7)8-3-6-9-5(2)11-10-6/h3H2,1-2H3,(H2,7,8). The maximum Gasteiger partial charge on any atom is 0.223 e. The zero-order valence-corrected chi connectivity index (χ0v) is 6.53. The van der Waals surface area contributed by atoms with Crippen LogP contribution in [0.2, 0.25) is 0 Å². The van der Waals surface area contributed by atoms with Gasteiger partial charge in [0.05, 0.1) is 5.84 Å². The van der Waals surface area contributed by atoms with Crippen molar-refractivity contribution < 1.29 is 4.52 Å². The molecule has 1 rings (SSSR count). The molecule has 11 heavy (non-hydrogen) atoms. The number of aromatic nitrogens is 2. The molecule has 0 atom stereocenters. The Morgan fingerprint density at radius 2 is 2.45 bits per heavy atom. The van der Waals surface area contributed by atoms with E-state index in [0.29, 0.717) is 24.1 Å². The molecule has 0 radical (unpaired) electrons. The van der Waals surface area contributed by atoms with Crippen LogP contribution in [-0.2, 0) is 6.54 Å². The summed E-state index contributed by atoms with van der Waals surface area (Å²) in [6.07, 6.45) is 0. The predicted molar refractivity (Wildman–Crippen MR) is 40.0 cm³/mol. The summed E-state index contributed by atoms with van der Waals surface area (Å²) < 4.78 is 4.73. The van der Waals surface area contributed by atoms with Gasteiger partial charge in [-0.25, -0.2) is 0 Å². The highest BCUT2D eigenvalue weighted by Gasteiger charge is 1.98. The molecule has 1 aromatic heterocycles. The van der Waals surface area contributed by atoms with Crippen LogP contribution < -0.4 is 5.73 Å². The van der Waals surface area contributed by atoms with Gasteiger partial charge in [0.2, 0.25) is 5.89 Å². The van der Waals surface area contributed by atoms with Gasteiger partial charge in [-0.3, -0.25) is 4.99 Å². The first-order valence-electron chi connectivity index (χ1n) is 3.24. The number of hydrogen-bond acceptors (Lipinski definition) is 4. The Labute approximate surface area is 64.3 Å². The monoisotopic (exact) mass is 154 g/mol. The normalized spacial score (nSPS) is 12.0. The van der Waals surface area contributed by atoms with Gasteiger partial charge in [0, 0.05) is 6.92 Å². The van der Waals surface area contributed by atoms with Crippen LogP contribution >= 0.6 is 0 Å². The average Bonchev–Trinajstić information content (AvgIpc) is 2.31. The van der Waals surface area contributed by atoms with E-state index < -0.39 is 0 Å². The van der Waals surface area contributed by atoms with E-state index in [9.17, 15) is 0 Å². The van der Waals surface area contributed by atoms with Crippen LogP contribution in [-0.4, -0.2) is 16.0 Å². The number of amidine groups is 1. The fourth-order valence-electron chi connectivity index (χ4n) is 0.601. The van der Waals surface area contributed by atoms with Crippen molar-refractivity contribution in [3.05, 3.63) is 11.7 Å². The minimum absolute atomic E-state index is 0.389. The average molecular weight is 154 g/mol. The molecular formula is C6H10N4O. The number of hydrogen-bond donors (Lipinski definition) is 1. The number of nitrogens with two attached hydrogens (primary N) is 1. The fourth-order valence-corrected chi connectivity index (χ4v) is 0.601. The molecule has 0 saturated heterocycles. The molecular weight excluding hydrogens is 144 g/mol. The molecule has 0 fully saturated rings. The first-order chi connectivity index (χ1) is 5.18. The molecule has 0 aliphatic carbocycles. The Morgan fingerprint density at radius 1 is 1.73 bits per heavy atom. The summed E-state index contributed by atoms with van der Waals surface area (Å²) >= 11 is 0. The van der Waals surface area contributed by atoms with Crippen molar-refractivity contribution in [1.82, 2.24) is 10.1 Å². The van der Waals surface area contributed by atoms with Crippen LogP contribution in [0.5, 0.6) is 0 Å². The highest BCUT2D eigenvalue weighted by Crippen LogP contribution is 1.95. The SMILES string of the molecule is CC(N)=NCc1noc(C)n1. The van der Waals surface area contributed by atoms with Crippen molar-refractivity contribution in [3.8, 4) is 0 Å². The quantitative estimate of drug-likeness (QED) is 0.489. The van der Waals surface area contributed by atoms with Crippen molar-refractivity contribution in [3.63, 3.8) is 0 Å². The third-order valence-electron chi connectivity index (χ3n) is 1.04. The lowest BCUT2D eigenvalue weighted by Gasteiger charge is -1.86. The molecule has 5 nitrogen and oxygen atoms in total. The molecule has 60 valence electrons. The molecule has 0 amide bonds. The van der Waals surface area contributed by atoms with Gasteiger partial charge < -0.3 is 10.3 Å². The second kappa shape index (κ2) is 3.14. The van der Waals surface area contributed by atoms with Crippen molar-refractivity contribution in [1.29, 1.82) is 0 Å². The lowest BCUT2D eigenvalue weighted by atomic mass is 10.6. The van der Waals surface area contributed by atoms with E-state index in [1.165, 1.54) is 0 Å². The van der Waals surface area contributed by atoms with E-state index in [2.05, 4.69) is 15.1 Å². The Hall–Kier alpha value is -1.39. The van der Waals surface area contributed by atoms with E-state index in [-0.39, 0.29) is 0 Å². The molecule has 0 aliphatic rings. The van der Waals surface area contributed by atoms with Crippen molar-refractivity contribution in [2.75, 3.05) is 0 Å². The number of nitrogens with zero attached hydrogens (tertiary/aromatic N) is 3. The Morgan fingerprint density at radius 3 is 2.91 bits per heavy atom. The summed E-state index contributed by atoms with van der Waals surface area (Å²) in [5.74, 6) is 1.63. The van der Waals surface area contributed by atoms with Crippen LogP contribution in [0.25, 0.3) is 0 Å². The van der Waals surface area contributed by atoms with Gasteiger partial charge in [0.1, 0.15) is 6.54 Å². The lowest BCUT2D eigenvalue weighted by Crippen LogP contribution is -2.05. The molecule has 0 saturated carbocycles. The topological polar surface area (TPSA) is 77.3 Å². The fraction of sp³-hybridized carbons (Fsp3) is 0.500. The summed E-state index contributed by atoms with van der Waals surface area (Å²) in [6.45, 7) is 3.84. The van der Waals surface area contributed by atoms with Crippen molar-refractivity contribution in [2.45, 2.75) is 20.4 Å².